The summed E-state index contributed by atoms with van der Waals surface area (Å²) in [6.45, 7) is 0.375. The summed E-state index contributed by atoms with van der Waals surface area (Å²) in [5, 5.41) is 7.59. The highest BCUT2D eigenvalue weighted by molar-refractivity contribution is 5.94. The third-order valence-electron chi connectivity index (χ3n) is 6.03. The number of halogens is 1. The Morgan fingerprint density at radius 3 is 2.41 bits per heavy atom. The fourth-order valence-corrected chi connectivity index (χ4v) is 4.14. The van der Waals surface area contributed by atoms with E-state index in [1.165, 1.54) is 10.6 Å². The predicted octanol–water partition coefficient (Wildman–Crippen LogP) is 5.19. The number of nitrogens with zero attached hydrogens (tertiary/aromatic N) is 3. The SMILES string of the molecule is COc1ccc(CCNC(=O)c2cc(-c3ccccc3F)nc3cc(-c4ccccc4)nn23)cc1OC. The fourth-order valence-electron chi connectivity index (χ4n) is 4.14. The van der Waals surface area contributed by atoms with Crippen LogP contribution in [0, 0.1) is 5.82 Å². The molecule has 0 aliphatic carbocycles. The van der Waals surface area contributed by atoms with Gasteiger partial charge in [-0.2, -0.15) is 5.10 Å². The summed E-state index contributed by atoms with van der Waals surface area (Å²) in [4.78, 5) is 18.0. The molecule has 0 aliphatic heterocycles. The number of amides is 1. The lowest BCUT2D eigenvalue weighted by Gasteiger charge is -2.11. The molecule has 2 heterocycles. The third kappa shape index (κ3) is 4.99. The number of ether oxygens (including phenoxy) is 2. The summed E-state index contributed by atoms with van der Waals surface area (Å²) in [6.07, 6.45) is 0.578. The van der Waals surface area contributed by atoms with Crippen LogP contribution in [0.4, 0.5) is 4.39 Å². The first-order valence-electron chi connectivity index (χ1n) is 11.8. The number of carbonyl (C=O) groups excluding carboxylic acids is 1. The van der Waals surface area contributed by atoms with E-state index in [9.17, 15) is 9.18 Å². The van der Waals surface area contributed by atoms with Crippen molar-refractivity contribution in [3.63, 3.8) is 0 Å². The van der Waals surface area contributed by atoms with Gasteiger partial charge in [-0.05, 0) is 42.3 Å². The van der Waals surface area contributed by atoms with E-state index in [4.69, 9.17) is 9.47 Å². The van der Waals surface area contributed by atoms with E-state index in [-0.39, 0.29) is 11.6 Å². The van der Waals surface area contributed by atoms with E-state index in [1.54, 1.807) is 44.6 Å². The number of rotatable bonds is 8. The van der Waals surface area contributed by atoms with Gasteiger partial charge in [0.1, 0.15) is 11.5 Å². The second kappa shape index (κ2) is 10.5. The van der Waals surface area contributed by atoms with Crippen molar-refractivity contribution in [2.45, 2.75) is 6.42 Å². The number of benzene rings is 3. The van der Waals surface area contributed by atoms with Crippen LogP contribution in [0.5, 0.6) is 11.5 Å². The van der Waals surface area contributed by atoms with Crippen molar-refractivity contribution in [3.05, 3.63) is 102 Å². The van der Waals surface area contributed by atoms with Crippen molar-refractivity contribution in [2.75, 3.05) is 20.8 Å². The minimum absolute atomic E-state index is 0.262. The Morgan fingerprint density at radius 1 is 0.892 bits per heavy atom. The van der Waals surface area contributed by atoms with E-state index in [1.807, 2.05) is 48.5 Å². The van der Waals surface area contributed by atoms with Crippen LogP contribution in [-0.2, 0) is 6.42 Å². The van der Waals surface area contributed by atoms with Gasteiger partial charge in [0, 0.05) is 23.7 Å². The fraction of sp³-hybridized carbons (Fsp3) is 0.138. The van der Waals surface area contributed by atoms with Gasteiger partial charge >= 0.3 is 0 Å². The molecule has 3 aromatic carbocycles. The Morgan fingerprint density at radius 2 is 1.65 bits per heavy atom. The minimum Gasteiger partial charge on any atom is -0.493 e. The molecule has 2 aromatic heterocycles. The molecule has 5 rings (SSSR count). The lowest BCUT2D eigenvalue weighted by atomic mass is 10.1. The molecular formula is C29H25FN4O3. The monoisotopic (exact) mass is 496 g/mol. The van der Waals surface area contributed by atoms with Gasteiger partial charge in [-0.15, -0.1) is 0 Å². The third-order valence-corrected chi connectivity index (χ3v) is 6.03. The minimum atomic E-state index is -0.415. The second-order valence-electron chi connectivity index (χ2n) is 8.37. The van der Waals surface area contributed by atoms with Crippen LogP contribution >= 0.6 is 0 Å². The average molecular weight is 497 g/mol. The molecule has 186 valence electrons. The molecule has 37 heavy (non-hydrogen) atoms. The lowest BCUT2D eigenvalue weighted by Crippen LogP contribution is -2.28. The van der Waals surface area contributed by atoms with Crippen molar-refractivity contribution in [1.29, 1.82) is 0 Å². The van der Waals surface area contributed by atoms with Gasteiger partial charge in [0.25, 0.3) is 5.91 Å². The van der Waals surface area contributed by atoms with Crippen LogP contribution in [-0.4, -0.2) is 41.3 Å². The number of aromatic nitrogens is 3. The molecule has 0 fully saturated rings. The summed E-state index contributed by atoms with van der Waals surface area (Å²) in [5.74, 6) is 0.514. The highest BCUT2D eigenvalue weighted by Crippen LogP contribution is 2.28. The quantitative estimate of drug-likeness (QED) is 0.320. The topological polar surface area (TPSA) is 77.8 Å². The Bertz CT molecular complexity index is 1570. The molecule has 0 aliphatic rings. The highest BCUT2D eigenvalue weighted by Gasteiger charge is 2.18. The first-order chi connectivity index (χ1) is 18.1. The summed E-state index contributed by atoms with van der Waals surface area (Å²) in [7, 11) is 3.17. The molecule has 0 saturated heterocycles. The molecule has 0 spiro atoms. The van der Waals surface area contributed by atoms with Crippen LogP contribution in [0.25, 0.3) is 28.2 Å². The van der Waals surface area contributed by atoms with Crippen LogP contribution in [0.2, 0.25) is 0 Å². The zero-order valence-corrected chi connectivity index (χ0v) is 20.4. The smallest absolute Gasteiger partial charge is 0.270 e. The molecule has 0 unspecified atom stereocenters. The Hall–Kier alpha value is -4.72. The Balaban J connectivity index is 1.46. The highest BCUT2D eigenvalue weighted by atomic mass is 19.1. The van der Waals surface area contributed by atoms with E-state index in [2.05, 4.69) is 15.4 Å². The van der Waals surface area contributed by atoms with Crippen molar-refractivity contribution in [2.24, 2.45) is 0 Å². The van der Waals surface area contributed by atoms with Gasteiger partial charge < -0.3 is 14.8 Å². The predicted molar refractivity (Wildman–Crippen MR) is 139 cm³/mol. The summed E-state index contributed by atoms with van der Waals surface area (Å²) in [6, 6.07) is 25.0. The van der Waals surface area contributed by atoms with E-state index in [0.29, 0.717) is 47.1 Å². The summed E-state index contributed by atoms with van der Waals surface area (Å²) < 4.78 is 26.8. The summed E-state index contributed by atoms with van der Waals surface area (Å²) >= 11 is 0. The maximum atomic E-state index is 14.6. The molecular weight excluding hydrogens is 471 g/mol. The maximum absolute atomic E-state index is 14.6. The molecule has 0 atom stereocenters. The molecule has 8 heteroatoms. The maximum Gasteiger partial charge on any atom is 0.270 e. The van der Waals surface area contributed by atoms with Crippen LogP contribution in [0.1, 0.15) is 16.1 Å². The molecule has 1 amide bonds. The van der Waals surface area contributed by atoms with Gasteiger partial charge in [-0.3, -0.25) is 4.79 Å². The van der Waals surface area contributed by atoms with Gasteiger partial charge in [-0.25, -0.2) is 13.9 Å². The molecule has 0 saturated carbocycles. The number of carbonyl (C=O) groups is 1. The van der Waals surface area contributed by atoms with Gasteiger partial charge in [-0.1, -0.05) is 48.5 Å². The normalized spacial score (nSPS) is 10.9. The zero-order chi connectivity index (χ0) is 25.8. The van der Waals surface area contributed by atoms with Crippen LogP contribution in [0.3, 0.4) is 0 Å². The van der Waals surface area contributed by atoms with Gasteiger partial charge in [0.05, 0.1) is 25.6 Å². The first-order valence-corrected chi connectivity index (χ1v) is 11.8. The molecule has 0 bridgehead atoms. The van der Waals surface area contributed by atoms with Crippen LogP contribution in [0.15, 0.2) is 84.9 Å². The molecule has 5 aromatic rings. The number of hydrogen-bond acceptors (Lipinski definition) is 5. The van der Waals surface area contributed by atoms with Gasteiger partial charge in [0.2, 0.25) is 0 Å². The molecule has 0 radical (unpaired) electrons. The molecule has 1 N–H and O–H groups in total. The first kappa shape index (κ1) is 24.0. The van der Waals surface area contributed by atoms with Gasteiger partial charge in [0.15, 0.2) is 17.1 Å². The lowest BCUT2D eigenvalue weighted by molar-refractivity contribution is 0.0946. The van der Waals surface area contributed by atoms with Crippen molar-refractivity contribution in [1.82, 2.24) is 19.9 Å². The van der Waals surface area contributed by atoms with Crippen molar-refractivity contribution in [3.8, 4) is 34.0 Å². The van der Waals surface area contributed by atoms with Crippen LogP contribution < -0.4 is 14.8 Å². The van der Waals surface area contributed by atoms with E-state index < -0.39 is 5.82 Å². The number of nitrogens with one attached hydrogen (secondary N) is 1. The largest absolute Gasteiger partial charge is 0.493 e. The number of fused-ring (bicyclic) bond motifs is 1. The second-order valence-corrected chi connectivity index (χ2v) is 8.37. The average Bonchev–Trinajstić information content (AvgIpc) is 3.37. The number of methoxy groups -OCH3 is 2. The molecule has 7 nitrogen and oxygen atoms in total. The van der Waals surface area contributed by atoms with Crippen molar-refractivity contribution < 1.29 is 18.7 Å². The Kier molecular flexibility index (Phi) is 6.81. The van der Waals surface area contributed by atoms with Crippen molar-refractivity contribution >= 4 is 11.6 Å². The number of hydrogen-bond donors (Lipinski definition) is 1. The van der Waals surface area contributed by atoms with E-state index in [0.717, 1.165) is 11.1 Å². The zero-order valence-electron chi connectivity index (χ0n) is 20.4. The summed E-state index contributed by atoms with van der Waals surface area (Å²) in [5.41, 5.74) is 3.91. The Labute approximate surface area is 213 Å². The van der Waals surface area contributed by atoms with E-state index >= 15 is 0 Å². The standard InChI is InChI=1S/C29H25FN4O3/c1-36-26-13-12-19(16-27(26)37-2)14-15-31-29(35)25-17-24(21-10-6-7-11-22(21)30)32-28-18-23(33-34(25)28)20-8-4-3-5-9-20/h3-13,16-18H,14-15H2,1-2H3,(H,31,35).